The highest BCUT2D eigenvalue weighted by Gasteiger charge is 2.35. The van der Waals surface area contributed by atoms with E-state index in [-0.39, 0.29) is 0 Å². The Morgan fingerprint density at radius 3 is 2.88 bits per heavy atom. The van der Waals surface area contributed by atoms with E-state index in [1.165, 1.54) is 12.8 Å². The lowest BCUT2D eigenvalue weighted by molar-refractivity contribution is 0.308. The zero-order valence-corrected chi connectivity index (χ0v) is 11.8. The number of fused-ring (bicyclic) bond motifs is 1. The first-order valence-electron chi connectivity index (χ1n) is 5.95. The van der Waals surface area contributed by atoms with Gasteiger partial charge in [0.15, 0.2) is 0 Å². The summed E-state index contributed by atoms with van der Waals surface area (Å²) >= 11 is 6.40. The van der Waals surface area contributed by atoms with Gasteiger partial charge in [-0.1, -0.05) is 38.1 Å². The highest BCUT2D eigenvalue weighted by atomic mass is 32.2. The van der Waals surface area contributed by atoms with Crippen molar-refractivity contribution in [3.63, 3.8) is 0 Å². The van der Waals surface area contributed by atoms with Crippen LogP contribution in [0.3, 0.4) is 0 Å². The molecule has 0 nitrogen and oxygen atoms in total. The van der Waals surface area contributed by atoms with Crippen molar-refractivity contribution >= 4 is 24.4 Å². The van der Waals surface area contributed by atoms with Gasteiger partial charge < -0.3 is 0 Å². The summed E-state index contributed by atoms with van der Waals surface area (Å²) in [5.41, 5.74) is 3.53. The monoisotopic (exact) mass is 252 g/mol. The van der Waals surface area contributed by atoms with Gasteiger partial charge in [-0.2, -0.15) is 24.4 Å². The summed E-state index contributed by atoms with van der Waals surface area (Å²) in [5.74, 6) is 2.12. The first-order chi connectivity index (χ1) is 7.65. The number of thiol groups is 1. The van der Waals surface area contributed by atoms with E-state index in [4.69, 9.17) is 0 Å². The van der Waals surface area contributed by atoms with Crippen LogP contribution in [0.1, 0.15) is 36.6 Å². The maximum Gasteiger partial charge on any atom is 0.0351 e. The molecule has 1 aliphatic carbocycles. The molecule has 16 heavy (non-hydrogen) atoms. The van der Waals surface area contributed by atoms with Crippen molar-refractivity contribution in [1.82, 2.24) is 0 Å². The molecular weight excluding hydrogens is 232 g/mol. The van der Waals surface area contributed by atoms with E-state index >= 15 is 0 Å². The van der Waals surface area contributed by atoms with Gasteiger partial charge in [0.2, 0.25) is 0 Å². The van der Waals surface area contributed by atoms with Crippen molar-refractivity contribution in [1.29, 1.82) is 0 Å². The average molecular weight is 252 g/mol. The largest absolute Gasteiger partial charge is 0.179 e. The Labute approximate surface area is 109 Å². The lowest BCUT2D eigenvalue weighted by Gasteiger charge is -2.39. The van der Waals surface area contributed by atoms with Gasteiger partial charge in [0.05, 0.1) is 0 Å². The van der Waals surface area contributed by atoms with Crippen LogP contribution in [-0.2, 0) is 6.42 Å². The summed E-state index contributed by atoms with van der Waals surface area (Å²) in [4.78, 5) is 0. The van der Waals surface area contributed by atoms with Gasteiger partial charge in [0.25, 0.3) is 0 Å². The highest BCUT2D eigenvalue weighted by molar-refractivity contribution is 8.00. The van der Waals surface area contributed by atoms with Crippen molar-refractivity contribution in [2.24, 2.45) is 5.41 Å². The van der Waals surface area contributed by atoms with Crippen LogP contribution in [-0.4, -0.2) is 11.5 Å². The molecule has 0 spiro atoms. The van der Waals surface area contributed by atoms with Crippen molar-refractivity contribution in [3.05, 3.63) is 35.4 Å². The maximum atomic E-state index is 4.33. The third kappa shape index (κ3) is 2.43. The Balaban J connectivity index is 2.30. The highest BCUT2D eigenvalue weighted by Crippen LogP contribution is 2.51. The minimum absolute atomic E-state index is 0.419. The second-order valence-electron chi connectivity index (χ2n) is 5.16. The van der Waals surface area contributed by atoms with Gasteiger partial charge >= 0.3 is 0 Å². The topological polar surface area (TPSA) is 0 Å². The van der Waals surface area contributed by atoms with E-state index in [1.807, 2.05) is 0 Å². The number of thioether (sulfide) groups is 1. The molecule has 0 radical (unpaired) electrons. The summed E-state index contributed by atoms with van der Waals surface area (Å²) < 4.78 is 0. The standard InChI is InChI=1S/C14H20S2/c1-14(2)8-7-11-5-3-4-6-12(11)13(14)16-10-9-15/h3-6,13,15H,7-10H2,1-2H3. The van der Waals surface area contributed by atoms with Crippen molar-refractivity contribution in [2.45, 2.75) is 31.9 Å². The number of hydrogen-bond acceptors (Lipinski definition) is 2. The number of rotatable bonds is 3. The van der Waals surface area contributed by atoms with Gasteiger partial charge in [0, 0.05) is 11.0 Å². The maximum absolute atomic E-state index is 4.33. The minimum atomic E-state index is 0.419. The fourth-order valence-corrected chi connectivity index (χ4v) is 4.15. The van der Waals surface area contributed by atoms with Gasteiger partial charge in [-0.15, -0.1) is 0 Å². The Bertz CT molecular complexity index is 358. The lowest BCUT2D eigenvalue weighted by atomic mass is 9.74. The minimum Gasteiger partial charge on any atom is -0.179 e. The van der Waals surface area contributed by atoms with E-state index in [0.717, 1.165) is 11.5 Å². The predicted molar refractivity (Wildman–Crippen MR) is 77.6 cm³/mol. The molecule has 0 N–H and O–H groups in total. The smallest absolute Gasteiger partial charge is 0.0351 e. The molecular formula is C14H20S2. The summed E-state index contributed by atoms with van der Waals surface area (Å²) in [6, 6.07) is 8.94. The molecule has 2 heteroatoms. The predicted octanol–water partition coefficient (Wildman–Crippen LogP) is 4.36. The van der Waals surface area contributed by atoms with Crippen molar-refractivity contribution in [2.75, 3.05) is 11.5 Å². The first-order valence-corrected chi connectivity index (χ1v) is 7.63. The van der Waals surface area contributed by atoms with Gasteiger partial charge in [-0.05, 0) is 35.1 Å². The van der Waals surface area contributed by atoms with Crippen LogP contribution in [0, 0.1) is 5.41 Å². The van der Waals surface area contributed by atoms with E-state index in [1.54, 1.807) is 11.1 Å². The van der Waals surface area contributed by atoms with Gasteiger partial charge in [-0.3, -0.25) is 0 Å². The van der Waals surface area contributed by atoms with E-state index in [9.17, 15) is 0 Å². The van der Waals surface area contributed by atoms with E-state index in [0.29, 0.717) is 10.7 Å². The molecule has 0 saturated carbocycles. The van der Waals surface area contributed by atoms with Crippen LogP contribution in [0.2, 0.25) is 0 Å². The van der Waals surface area contributed by atoms with E-state index in [2.05, 4.69) is 62.5 Å². The summed E-state index contributed by atoms with van der Waals surface area (Å²) in [5, 5.41) is 0.643. The SMILES string of the molecule is CC1(C)CCc2ccccc2C1SCCS. The fourth-order valence-electron chi connectivity index (χ4n) is 2.51. The van der Waals surface area contributed by atoms with Gasteiger partial charge in [0.1, 0.15) is 0 Å². The zero-order chi connectivity index (χ0) is 11.6. The Hall–Kier alpha value is -0.0800. The Morgan fingerprint density at radius 1 is 1.38 bits per heavy atom. The molecule has 0 bridgehead atoms. The molecule has 2 rings (SSSR count). The fraction of sp³-hybridized carbons (Fsp3) is 0.571. The molecule has 0 heterocycles. The van der Waals surface area contributed by atoms with E-state index < -0.39 is 0 Å². The molecule has 0 saturated heterocycles. The van der Waals surface area contributed by atoms with Crippen LogP contribution >= 0.6 is 24.4 Å². The third-order valence-electron chi connectivity index (χ3n) is 3.46. The Morgan fingerprint density at radius 2 is 2.12 bits per heavy atom. The molecule has 1 aliphatic rings. The number of benzene rings is 1. The number of hydrogen-bond donors (Lipinski definition) is 1. The number of aryl methyl sites for hydroxylation is 1. The summed E-state index contributed by atoms with van der Waals surface area (Å²) in [6.45, 7) is 4.80. The molecule has 1 aromatic rings. The summed E-state index contributed by atoms with van der Waals surface area (Å²) in [6.07, 6.45) is 2.54. The molecule has 1 unspecified atom stereocenters. The van der Waals surface area contributed by atoms with Crippen LogP contribution in [0.15, 0.2) is 24.3 Å². The first kappa shape index (κ1) is 12.4. The quantitative estimate of drug-likeness (QED) is 0.780. The molecule has 0 amide bonds. The second-order valence-corrected chi connectivity index (χ2v) is 6.82. The molecule has 88 valence electrons. The lowest BCUT2D eigenvalue weighted by Crippen LogP contribution is -2.26. The average Bonchev–Trinajstić information content (AvgIpc) is 2.27. The molecule has 1 aromatic carbocycles. The summed E-state index contributed by atoms with van der Waals surface area (Å²) in [7, 11) is 0. The normalized spacial score (nSPS) is 22.8. The van der Waals surface area contributed by atoms with Crippen molar-refractivity contribution in [3.8, 4) is 0 Å². The Kier molecular flexibility index (Phi) is 3.91. The van der Waals surface area contributed by atoms with Gasteiger partial charge in [-0.25, -0.2) is 0 Å². The van der Waals surface area contributed by atoms with Crippen LogP contribution in [0.4, 0.5) is 0 Å². The van der Waals surface area contributed by atoms with Crippen LogP contribution in [0.5, 0.6) is 0 Å². The third-order valence-corrected chi connectivity index (χ3v) is 5.65. The second kappa shape index (κ2) is 5.05. The molecule has 0 aromatic heterocycles. The van der Waals surface area contributed by atoms with Crippen molar-refractivity contribution < 1.29 is 0 Å². The molecule has 1 atom stereocenters. The molecule has 0 aliphatic heterocycles. The van der Waals surface area contributed by atoms with Crippen LogP contribution < -0.4 is 0 Å². The van der Waals surface area contributed by atoms with Crippen LogP contribution in [0.25, 0.3) is 0 Å². The molecule has 0 fully saturated rings. The zero-order valence-electron chi connectivity index (χ0n) is 10.1.